The Balaban J connectivity index is 1.79. The smallest absolute Gasteiger partial charge is 0.407 e. The molecule has 0 aromatic heterocycles. The molecule has 2 aromatic carbocycles. The van der Waals surface area contributed by atoms with Crippen molar-refractivity contribution in [2.45, 2.75) is 25.2 Å². The fourth-order valence-corrected chi connectivity index (χ4v) is 2.42. The number of aromatic hydroxyl groups is 1. The third-order valence-corrected chi connectivity index (χ3v) is 3.84. The predicted octanol–water partition coefficient (Wildman–Crippen LogP) is 1.92. The lowest BCUT2D eigenvalue weighted by Gasteiger charge is -2.20. The van der Waals surface area contributed by atoms with Gasteiger partial charge in [0.1, 0.15) is 18.5 Å². The number of ether oxygens (including phenoxy) is 1. The highest BCUT2D eigenvalue weighted by Crippen LogP contribution is 2.27. The maximum atomic E-state index is 11.6. The second-order valence-corrected chi connectivity index (χ2v) is 5.69. The molecular formula is C19H21NO6. The molecule has 0 radical (unpaired) electrons. The maximum absolute atomic E-state index is 11.6. The van der Waals surface area contributed by atoms with Crippen LogP contribution < -0.4 is 5.32 Å². The number of phenolic OH excluding ortho intramolecular Hbond substituents is 1. The molecule has 0 aliphatic carbocycles. The van der Waals surface area contributed by atoms with Crippen molar-refractivity contribution in [3.8, 4) is 5.75 Å². The van der Waals surface area contributed by atoms with Gasteiger partial charge >= 0.3 is 6.09 Å². The monoisotopic (exact) mass is 359 g/mol. The summed E-state index contributed by atoms with van der Waals surface area (Å²) in [4.78, 5) is 22.7. The van der Waals surface area contributed by atoms with Crippen molar-refractivity contribution in [2.75, 3.05) is 6.54 Å². The van der Waals surface area contributed by atoms with Crippen molar-refractivity contribution < 1.29 is 29.6 Å². The molecule has 0 fully saturated rings. The minimum Gasteiger partial charge on any atom is -0.507 e. The van der Waals surface area contributed by atoms with E-state index in [1.807, 2.05) is 30.3 Å². The molecule has 1 amide bonds. The van der Waals surface area contributed by atoms with Crippen LogP contribution in [0.2, 0.25) is 0 Å². The second-order valence-electron chi connectivity index (χ2n) is 5.69. The topological polar surface area (TPSA) is 116 Å². The zero-order valence-electron chi connectivity index (χ0n) is 14.0. The van der Waals surface area contributed by atoms with Crippen molar-refractivity contribution >= 4 is 12.4 Å². The van der Waals surface area contributed by atoms with Crippen LogP contribution in [0.15, 0.2) is 48.5 Å². The number of hydrogen-bond acceptors (Lipinski definition) is 6. The lowest BCUT2D eigenvalue weighted by atomic mass is 9.97. The maximum Gasteiger partial charge on any atom is 0.407 e. The highest BCUT2D eigenvalue weighted by molar-refractivity contribution is 5.81. The van der Waals surface area contributed by atoms with Crippen LogP contribution >= 0.6 is 0 Å². The number of aliphatic hydroxyl groups excluding tert-OH is 2. The summed E-state index contributed by atoms with van der Waals surface area (Å²) in [6, 6.07) is 13.4. The Morgan fingerprint density at radius 2 is 1.85 bits per heavy atom. The molecule has 2 unspecified atom stereocenters. The number of carbonyl (C=O) groups excluding carboxylic acids is 2. The van der Waals surface area contributed by atoms with Gasteiger partial charge in [-0.25, -0.2) is 4.79 Å². The molecule has 0 aliphatic rings. The van der Waals surface area contributed by atoms with E-state index in [0.29, 0.717) is 6.29 Å². The summed E-state index contributed by atoms with van der Waals surface area (Å²) in [5.41, 5.74) is 0.900. The van der Waals surface area contributed by atoms with Crippen LogP contribution in [-0.2, 0) is 11.3 Å². The van der Waals surface area contributed by atoms with Crippen molar-refractivity contribution in [1.29, 1.82) is 0 Å². The average Bonchev–Trinajstić information content (AvgIpc) is 2.66. The van der Waals surface area contributed by atoms with E-state index in [4.69, 9.17) is 4.74 Å². The molecule has 26 heavy (non-hydrogen) atoms. The number of benzene rings is 2. The number of alkyl carbamates (subject to hydrolysis) is 1. The lowest BCUT2D eigenvalue weighted by molar-refractivity contribution is 0.0132. The van der Waals surface area contributed by atoms with Crippen LogP contribution in [0.25, 0.3) is 0 Å². The molecule has 0 heterocycles. The van der Waals surface area contributed by atoms with E-state index < -0.39 is 18.3 Å². The minimum atomic E-state index is -1.37. The molecule has 4 N–H and O–H groups in total. The SMILES string of the molecule is O=Cc1c(O)cccc1C(O)C(O)CCNC(=O)OCc1ccccc1. The highest BCUT2D eigenvalue weighted by Gasteiger charge is 2.22. The van der Waals surface area contributed by atoms with Gasteiger partial charge in [-0.15, -0.1) is 0 Å². The number of aliphatic hydroxyl groups is 2. The molecular weight excluding hydrogens is 338 g/mol. The molecule has 2 atom stereocenters. The molecule has 138 valence electrons. The number of phenols is 1. The summed E-state index contributed by atoms with van der Waals surface area (Å²) >= 11 is 0. The fourth-order valence-electron chi connectivity index (χ4n) is 2.42. The van der Waals surface area contributed by atoms with E-state index in [1.165, 1.54) is 18.2 Å². The number of rotatable bonds is 8. The first-order valence-corrected chi connectivity index (χ1v) is 8.10. The molecule has 7 heteroatoms. The van der Waals surface area contributed by atoms with Crippen molar-refractivity contribution in [2.24, 2.45) is 0 Å². The molecule has 7 nitrogen and oxygen atoms in total. The van der Waals surface area contributed by atoms with Crippen molar-refractivity contribution in [3.05, 3.63) is 65.2 Å². The first-order chi connectivity index (χ1) is 12.5. The summed E-state index contributed by atoms with van der Waals surface area (Å²) in [5.74, 6) is -0.272. The van der Waals surface area contributed by atoms with E-state index >= 15 is 0 Å². The van der Waals surface area contributed by atoms with Crippen LogP contribution in [0.3, 0.4) is 0 Å². The molecule has 0 saturated heterocycles. The number of carbonyl (C=O) groups is 2. The van der Waals surface area contributed by atoms with Crippen LogP contribution in [0.1, 0.15) is 34.0 Å². The fraction of sp³-hybridized carbons (Fsp3) is 0.263. The third-order valence-electron chi connectivity index (χ3n) is 3.84. The van der Waals surface area contributed by atoms with Gasteiger partial charge in [0.2, 0.25) is 0 Å². The van der Waals surface area contributed by atoms with Gasteiger partial charge in [0.15, 0.2) is 6.29 Å². The zero-order chi connectivity index (χ0) is 18.9. The zero-order valence-corrected chi connectivity index (χ0v) is 14.0. The summed E-state index contributed by atoms with van der Waals surface area (Å²) in [5, 5.41) is 32.3. The van der Waals surface area contributed by atoms with E-state index in [2.05, 4.69) is 5.32 Å². The highest BCUT2D eigenvalue weighted by atomic mass is 16.5. The summed E-state index contributed by atoms with van der Waals surface area (Å²) in [6.45, 7) is 0.199. The molecule has 0 saturated carbocycles. The van der Waals surface area contributed by atoms with Crippen molar-refractivity contribution in [1.82, 2.24) is 5.32 Å². The number of hydrogen-bond donors (Lipinski definition) is 4. The first kappa shape index (κ1) is 19.4. The lowest BCUT2D eigenvalue weighted by Crippen LogP contribution is -2.30. The van der Waals surface area contributed by atoms with E-state index in [-0.39, 0.29) is 36.4 Å². The van der Waals surface area contributed by atoms with Gasteiger partial charge < -0.3 is 25.4 Å². The minimum absolute atomic E-state index is 0.0373. The van der Waals surface area contributed by atoms with Crippen LogP contribution in [0.4, 0.5) is 4.79 Å². The van der Waals surface area contributed by atoms with Gasteiger partial charge in [0, 0.05) is 6.54 Å². The van der Waals surface area contributed by atoms with Gasteiger partial charge in [-0.05, 0) is 23.6 Å². The summed E-state index contributed by atoms with van der Waals surface area (Å²) in [7, 11) is 0. The molecule has 0 aliphatic heterocycles. The van der Waals surface area contributed by atoms with Gasteiger partial charge in [-0.1, -0.05) is 42.5 Å². The largest absolute Gasteiger partial charge is 0.507 e. The predicted molar refractivity (Wildman–Crippen MR) is 93.7 cm³/mol. The molecule has 0 spiro atoms. The Kier molecular flexibility index (Phi) is 7.13. The Morgan fingerprint density at radius 3 is 2.54 bits per heavy atom. The first-order valence-electron chi connectivity index (χ1n) is 8.10. The van der Waals surface area contributed by atoms with Crippen LogP contribution in [0.5, 0.6) is 5.75 Å². The van der Waals surface area contributed by atoms with Gasteiger partial charge in [0.25, 0.3) is 0 Å². The van der Waals surface area contributed by atoms with Gasteiger partial charge in [-0.2, -0.15) is 0 Å². The molecule has 2 aromatic rings. The standard InChI is InChI=1S/C19H21NO6/c21-11-15-14(7-4-8-16(15)22)18(24)17(23)9-10-20-19(25)26-12-13-5-2-1-3-6-13/h1-8,11,17-18,22-24H,9-10,12H2,(H,20,25). The van der Waals surface area contributed by atoms with E-state index in [1.54, 1.807) is 0 Å². The molecule has 0 bridgehead atoms. The third kappa shape index (κ3) is 5.30. The Morgan fingerprint density at radius 1 is 1.12 bits per heavy atom. The second kappa shape index (κ2) is 9.55. The number of amides is 1. The van der Waals surface area contributed by atoms with E-state index in [0.717, 1.165) is 5.56 Å². The average molecular weight is 359 g/mol. The molecule has 2 rings (SSSR count). The Labute approximate surface area is 150 Å². The number of aldehydes is 1. The Hall–Kier alpha value is -2.90. The summed E-state index contributed by atoms with van der Waals surface area (Å²) in [6.07, 6.45) is -2.79. The number of nitrogens with one attached hydrogen (secondary N) is 1. The van der Waals surface area contributed by atoms with Crippen LogP contribution in [0, 0.1) is 0 Å². The summed E-state index contributed by atoms with van der Waals surface area (Å²) < 4.78 is 5.03. The quantitative estimate of drug-likeness (QED) is 0.535. The van der Waals surface area contributed by atoms with Gasteiger partial charge in [0.05, 0.1) is 11.7 Å². The van der Waals surface area contributed by atoms with Crippen molar-refractivity contribution in [3.63, 3.8) is 0 Å². The van der Waals surface area contributed by atoms with Crippen LogP contribution in [-0.4, -0.2) is 40.3 Å². The van der Waals surface area contributed by atoms with Gasteiger partial charge in [-0.3, -0.25) is 4.79 Å². The Bertz CT molecular complexity index is 734. The van der Waals surface area contributed by atoms with E-state index in [9.17, 15) is 24.9 Å². The normalized spacial score (nSPS) is 12.8.